The van der Waals surface area contributed by atoms with Crippen LogP contribution in [0.1, 0.15) is 53.4 Å². The van der Waals surface area contributed by atoms with Gasteiger partial charge in [-0.3, -0.25) is 0 Å². The molecule has 0 rings (SSSR count). The minimum Gasteiger partial charge on any atom is -0.343 e. The molecule has 0 aromatic heterocycles. The average molecular weight is 236 g/mol. The van der Waals surface area contributed by atoms with E-state index in [4.69, 9.17) is 0 Å². The van der Waals surface area contributed by atoms with Crippen molar-refractivity contribution in [2.75, 3.05) is 0 Å². The van der Waals surface area contributed by atoms with Crippen molar-refractivity contribution in [1.82, 2.24) is 0 Å². The van der Waals surface area contributed by atoms with E-state index in [1.54, 1.807) is 0 Å². The molecule has 0 aliphatic heterocycles. The summed E-state index contributed by atoms with van der Waals surface area (Å²) in [6.45, 7) is 16.3. The first-order valence-electron chi connectivity index (χ1n) is 5.20. The summed E-state index contributed by atoms with van der Waals surface area (Å²) in [6.07, 6.45) is 4.69. The van der Waals surface area contributed by atoms with Crippen LogP contribution in [0.25, 0.3) is 0 Å². The van der Waals surface area contributed by atoms with Crippen molar-refractivity contribution in [2.45, 2.75) is 53.4 Å². The summed E-state index contributed by atoms with van der Waals surface area (Å²) in [4.78, 5) is 0. The molecule has 0 spiro atoms. The van der Waals surface area contributed by atoms with Crippen molar-refractivity contribution in [2.24, 2.45) is 11.8 Å². The molecule has 0 saturated heterocycles. The molecule has 76 valence electrons. The average Bonchev–Trinajstić information content (AvgIpc) is 2.16. The molecule has 0 aliphatic rings. The largest absolute Gasteiger partial charge is 2.00 e. The van der Waals surface area contributed by atoms with Gasteiger partial charge in [-0.25, -0.2) is 0 Å². The second-order valence-electron chi connectivity index (χ2n) is 3.60. The Morgan fingerprint density at radius 2 is 1.08 bits per heavy atom. The van der Waals surface area contributed by atoms with Crippen LogP contribution in [0.4, 0.5) is 0 Å². The molecule has 2 atom stereocenters. The van der Waals surface area contributed by atoms with Crippen LogP contribution < -0.4 is 0 Å². The van der Waals surface area contributed by atoms with Gasteiger partial charge < -0.3 is 13.8 Å². The summed E-state index contributed by atoms with van der Waals surface area (Å²) in [5.41, 5.74) is 0. The SMILES string of the molecule is [CH2-]CC(C)CC.[CH2-]CC(C)CC.[Zn+2]. The van der Waals surface area contributed by atoms with E-state index in [9.17, 15) is 0 Å². The van der Waals surface area contributed by atoms with Gasteiger partial charge >= 0.3 is 19.5 Å². The van der Waals surface area contributed by atoms with Crippen LogP contribution in [-0.4, -0.2) is 0 Å². The molecule has 1 heteroatoms. The molecule has 0 amide bonds. The van der Waals surface area contributed by atoms with Gasteiger partial charge in [0.05, 0.1) is 0 Å². The van der Waals surface area contributed by atoms with Gasteiger partial charge in [0.25, 0.3) is 0 Å². The minimum atomic E-state index is 0. The summed E-state index contributed by atoms with van der Waals surface area (Å²) in [5.74, 6) is 1.65. The standard InChI is InChI=1S/2C6H13.Zn/c2*1-4-6(3)5-2;/h2*6H,1,4-5H2,2-3H3;/q2*-1;+2. The van der Waals surface area contributed by atoms with Crippen LogP contribution in [-0.2, 0) is 19.5 Å². The first-order valence-corrected chi connectivity index (χ1v) is 5.20. The Balaban J connectivity index is -0.000000143. The summed E-state index contributed by atoms with van der Waals surface area (Å²) in [5, 5.41) is 0. The van der Waals surface area contributed by atoms with Crippen molar-refractivity contribution in [1.29, 1.82) is 0 Å². The molecule has 0 N–H and O–H groups in total. The molecule has 0 radical (unpaired) electrons. The molecule has 0 fully saturated rings. The maximum atomic E-state index is 3.76. The molecule has 0 aliphatic carbocycles. The molecular weight excluding hydrogens is 210 g/mol. The van der Waals surface area contributed by atoms with Crippen LogP contribution in [0, 0.1) is 25.7 Å². The van der Waals surface area contributed by atoms with E-state index in [1.165, 1.54) is 12.8 Å². The summed E-state index contributed by atoms with van der Waals surface area (Å²) < 4.78 is 0. The van der Waals surface area contributed by atoms with Crippen molar-refractivity contribution in [3.8, 4) is 0 Å². The molecule has 0 saturated carbocycles. The van der Waals surface area contributed by atoms with E-state index in [1.807, 2.05) is 0 Å². The summed E-state index contributed by atoms with van der Waals surface area (Å²) in [6, 6.07) is 0. The molecule has 0 bridgehead atoms. The zero-order chi connectivity index (χ0) is 9.98. The van der Waals surface area contributed by atoms with Crippen LogP contribution in [0.5, 0.6) is 0 Å². The zero-order valence-corrected chi connectivity index (χ0v) is 13.1. The Bertz CT molecular complexity index is 53.5. The van der Waals surface area contributed by atoms with E-state index in [0.29, 0.717) is 0 Å². The second kappa shape index (κ2) is 15.1. The van der Waals surface area contributed by atoms with Crippen LogP contribution in [0.3, 0.4) is 0 Å². The second-order valence-corrected chi connectivity index (χ2v) is 3.60. The minimum absolute atomic E-state index is 0. The third-order valence-corrected chi connectivity index (χ3v) is 2.38. The van der Waals surface area contributed by atoms with Gasteiger partial charge in [-0.15, -0.1) is 0 Å². The zero-order valence-electron chi connectivity index (χ0n) is 10.1. The molecule has 0 heterocycles. The van der Waals surface area contributed by atoms with E-state index >= 15 is 0 Å². The number of hydrogen-bond donors (Lipinski definition) is 0. The Kier molecular flexibility index (Phi) is 22.4. The fourth-order valence-corrected chi connectivity index (χ4v) is 0.408. The van der Waals surface area contributed by atoms with Crippen molar-refractivity contribution >= 4 is 0 Å². The maximum Gasteiger partial charge on any atom is 2.00 e. The fraction of sp³-hybridized carbons (Fsp3) is 0.833. The first-order chi connectivity index (χ1) is 5.62. The number of hydrogen-bond acceptors (Lipinski definition) is 0. The van der Waals surface area contributed by atoms with Gasteiger partial charge in [0.1, 0.15) is 0 Å². The van der Waals surface area contributed by atoms with Gasteiger partial charge in [0, 0.05) is 0 Å². The van der Waals surface area contributed by atoms with E-state index in [-0.39, 0.29) is 19.5 Å². The number of rotatable bonds is 4. The van der Waals surface area contributed by atoms with Crippen LogP contribution >= 0.6 is 0 Å². The first kappa shape index (κ1) is 19.2. The van der Waals surface area contributed by atoms with E-state index < -0.39 is 0 Å². The van der Waals surface area contributed by atoms with Gasteiger partial charge in [0.15, 0.2) is 0 Å². The topological polar surface area (TPSA) is 0 Å². The van der Waals surface area contributed by atoms with Gasteiger partial charge in [0.2, 0.25) is 0 Å². The van der Waals surface area contributed by atoms with Crippen LogP contribution in [0.2, 0.25) is 0 Å². The predicted molar refractivity (Wildman–Crippen MR) is 58.9 cm³/mol. The fourth-order valence-electron chi connectivity index (χ4n) is 0.408. The van der Waals surface area contributed by atoms with Crippen LogP contribution in [0.15, 0.2) is 0 Å². The normalized spacial score (nSPS) is 13.4. The van der Waals surface area contributed by atoms with Gasteiger partial charge in [-0.2, -0.15) is 12.8 Å². The summed E-state index contributed by atoms with van der Waals surface area (Å²) in [7, 11) is 0. The Labute approximate surface area is 98.6 Å². The molecule has 0 nitrogen and oxygen atoms in total. The summed E-state index contributed by atoms with van der Waals surface area (Å²) >= 11 is 0. The predicted octanol–water partition coefficient (Wildman–Crippen LogP) is 4.51. The third-order valence-electron chi connectivity index (χ3n) is 2.38. The molecule has 13 heavy (non-hydrogen) atoms. The van der Waals surface area contributed by atoms with Crippen molar-refractivity contribution in [3.63, 3.8) is 0 Å². The Hall–Kier alpha value is 0.623. The smallest absolute Gasteiger partial charge is 0.343 e. The maximum absolute atomic E-state index is 3.76. The Morgan fingerprint density at radius 3 is 1.08 bits per heavy atom. The van der Waals surface area contributed by atoms with Gasteiger partial charge in [-0.05, 0) is 0 Å². The van der Waals surface area contributed by atoms with E-state index in [0.717, 1.165) is 24.7 Å². The molecule has 0 aromatic carbocycles. The van der Waals surface area contributed by atoms with Gasteiger partial charge in [-0.1, -0.05) is 52.4 Å². The molecule has 2 unspecified atom stereocenters. The quantitative estimate of drug-likeness (QED) is 0.497. The van der Waals surface area contributed by atoms with Crippen molar-refractivity contribution < 1.29 is 19.5 Å². The van der Waals surface area contributed by atoms with Crippen molar-refractivity contribution in [3.05, 3.63) is 13.8 Å². The molecular formula is C12H26Zn. The Morgan fingerprint density at radius 1 is 0.846 bits per heavy atom. The monoisotopic (exact) mass is 234 g/mol. The molecule has 0 aromatic rings. The third kappa shape index (κ3) is 19.2. The van der Waals surface area contributed by atoms with E-state index in [2.05, 4.69) is 41.5 Å².